The topological polar surface area (TPSA) is 56.2 Å². The van der Waals surface area contributed by atoms with Gasteiger partial charge in [0.2, 0.25) is 0 Å². The molecule has 1 aromatic rings. The third-order valence-corrected chi connectivity index (χ3v) is 3.40. The lowest BCUT2D eigenvalue weighted by Gasteiger charge is -2.27. The van der Waals surface area contributed by atoms with Crippen molar-refractivity contribution in [1.29, 1.82) is 0 Å². The molecule has 1 unspecified atom stereocenters. The summed E-state index contributed by atoms with van der Waals surface area (Å²) in [6, 6.07) is 0. The second-order valence-corrected chi connectivity index (χ2v) is 5.67. The molecule has 1 aromatic heterocycles. The summed E-state index contributed by atoms with van der Waals surface area (Å²) in [5, 5.41) is 7.47. The van der Waals surface area contributed by atoms with Crippen LogP contribution in [0.4, 0.5) is 0 Å². The Morgan fingerprint density at radius 2 is 2.39 bits per heavy atom. The summed E-state index contributed by atoms with van der Waals surface area (Å²) in [7, 11) is 1.42. The van der Waals surface area contributed by atoms with E-state index in [-0.39, 0.29) is 5.97 Å². The summed E-state index contributed by atoms with van der Waals surface area (Å²) < 4.78 is 7.81. The highest BCUT2D eigenvalue weighted by atomic mass is 127. The third kappa shape index (κ3) is 4.24. The first kappa shape index (κ1) is 15.4. The molecule has 1 heterocycles. The normalized spacial score (nSPS) is 14.2. The van der Waals surface area contributed by atoms with Crippen molar-refractivity contribution in [2.24, 2.45) is 0 Å². The number of ether oxygens (including phenoxy) is 1. The molecule has 0 aliphatic heterocycles. The minimum Gasteiger partial charge on any atom is -0.468 e. The number of esters is 1. The summed E-state index contributed by atoms with van der Waals surface area (Å²) in [4.78, 5) is 11.9. The second-order valence-electron chi connectivity index (χ2n) is 4.42. The van der Waals surface area contributed by atoms with E-state index in [4.69, 9.17) is 4.74 Å². The van der Waals surface area contributed by atoms with Crippen LogP contribution in [0.15, 0.2) is 12.4 Å². The van der Waals surface area contributed by atoms with Gasteiger partial charge in [-0.15, -0.1) is 0 Å². The Labute approximate surface area is 121 Å². The van der Waals surface area contributed by atoms with E-state index in [0.717, 1.165) is 16.5 Å². The van der Waals surface area contributed by atoms with Crippen LogP contribution in [-0.4, -0.2) is 34.9 Å². The van der Waals surface area contributed by atoms with E-state index in [1.807, 2.05) is 17.8 Å². The standard InChI is InChI=1S/C12H20IN3O2/c1-4-6-14-12(2,11(17)18-3)5-7-16-9-10(13)8-15-16/h8-9,14H,4-7H2,1-3H3. The second kappa shape index (κ2) is 7.08. The Morgan fingerprint density at radius 3 is 2.89 bits per heavy atom. The fourth-order valence-corrected chi connectivity index (χ4v) is 2.13. The van der Waals surface area contributed by atoms with E-state index >= 15 is 0 Å². The Morgan fingerprint density at radius 1 is 1.67 bits per heavy atom. The number of halogens is 1. The van der Waals surface area contributed by atoms with E-state index < -0.39 is 5.54 Å². The minimum absolute atomic E-state index is 0.224. The number of aryl methyl sites for hydroxylation is 1. The van der Waals surface area contributed by atoms with Gasteiger partial charge in [0, 0.05) is 12.7 Å². The number of carbonyl (C=O) groups is 1. The Balaban J connectivity index is 2.63. The molecule has 0 saturated heterocycles. The van der Waals surface area contributed by atoms with Crippen molar-refractivity contribution in [3.05, 3.63) is 16.0 Å². The summed E-state index contributed by atoms with van der Waals surface area (Å²) in [6.07, 6.45) is 5.39. The largest absolute Gasteiger partial charge is 0.468 e. The molecule has 5 nitrogen and oxygen atoms in total. The molecule has 0 aliphatic carbocycles. The lowest BCUT2D eigenvalue weighted by Crippen LogP contribution is -2.51. The predicted molar refractivity (Wildman–Crippen MR) is 78.3 cm³/mol. The SMILES string of the molecule is CCCNC(C)(CCn1cc(I)cn1)C(=O)OC. The van der Waals surface area contributed by atoms with Crippen molar-refractivity contribution < 1.29 is 9.53 Å². The van der Waals surface area contributed by atoms with Crippen molar-refractivity contribution in [3.63, 3.8) is 0 Å². The van der Waals surface area contributed by atoms with E-state index in [1.54, 1.807) is 6.20 Å². The lowest BCUT2D eigenvalue weighted by molar-refractivity contribution is -0.148. The molecule has 0 aromatic carbocycles. The van der Waals surface area contributed by atoms with Crippen LogP contribution >= 0.6 is 22.6 Å². The molecule has 1 N–H and O–H groups in total. The maximum Gasteiger partial charge on any atom is 0.325 e. The summed E-state index contributed by atoms with van der Waals surface area (Å²) >= 11 is 2.21. The number of methoxy groups -OCH3 is 1. The molecular weight excluding hydrogens is 345 g/mol. The van der Waals surface area contributed by atoms with E-state index in [1.165, 1.54) is 7.11 Å². The highest BCUT2D eigenvalue weighted by molar-refractivity contribution is 14.1. The van der Waals surface area contributed by atoms with E-state index in [0.29, 0.717) is 13.0 Å². The van der Waals surface area contributed by atoms with Crippen LogP contribution in [0.5, 0.6) is 0 Å². The predicted octanol–water partition coefficient (Wildman–Crippen LogP) is 1.81. The molecule has 1 rings (SSSR count). The maximum atomic E-state index is 11.9. The van der Waals surface area contributed by atoms with Gasteiger partial charge in [0.05, 0.1) is 16.9 Å². The van der Waals surface area contributed by atoms with E-state index in [2.05, 4.69) is 39.9 Å². The number of rotatable bonds is 7. The van der Waals surface area contributed by atoms with Crippen molar-refractivity contribution in [2.75, 3.05) is 13.7 Å². The van der Waals surface area contributed by atoms with E-state index in [9.17, 15) is 4.79 Å². The molecule has 0 radical (unpaired) electrons. The van der Waals surface area contributed by atoms with Gasteiger partial charge < -0.3 is 10.1 Å². The summed E-state index contributed by atoms with van der Waals surface area (Å²) in [5.41, 5.74) is -0.651. The van der Waals surface area contributed by atoms with Gasteiger partial charge in [0.25, 0.3) is 0 Å². The van der Waals surface area contributed by atoms with Gasteiger partial charge in [-0.05, 0) is 48.9 Å². The van der Waals surface area contributed by atoms with Crippen LogP contribution in [0.3, 0.4) is 0 Å². The molecule has 0 spiro atoms. The average Bonchev–Trinajstić information content (AvgIpc) is 2.78. The molecule has 6 heteroatoms. The maximum absolute atomic E-state index is 11.9. The van der Waals surface area contributed by atoms with Crippen LogP contribution < -0.4 is 5.32 Å². The van der Waals surface area contributed by atoms with Gasteiger partial charge in [-0.2, -0.15) is 5.10 Å². The van der Waals surface area contributed by atoms with Crippen molar-refractivity contribution in [2.45, 2.75) is 38.8 Å². The first-order valence-corrected chi connectivity index (χ1v) is 7.11. The fourth-order valence-electron chi connectivity index (χ4n) is 1.69. The zero-order chi connectivity index (χ0) is 13.6. The van der Waals surface area contributed by atoms with Gasteiger partial charge >= 0.3 is 5.97 Å². The Bertz CT molecular complexity index is 394. The van der Waals surface area contributed by atoms with Gasteiger partial charge in [0.1, 0.15) is 5.54 Å². The first-order chi connectivity index (χ1) is 8.51. The average molecular weight is 365 g/mol. The fraction of sp³-hybridized carbons (Fsp3) is 0.667. The minimum atomic E-state index is -0.651. The highest BCUT2D eigenvalue weighted by Crippen LogP contribution is 2.14. The molecule has 18 heavy (non-hydrogen) atoms. The number of hydrogen-bond acceptors (Lipinski definition) is 4. The molecule has 0 amide bonds. The van der Waals surface area contributed by atoms with Crippen molar-refractivity contribution >= 4 is 28.6 Å². The first-order valence-electron chi connectivity index (χ1n) is 6.03. The van der Waals surface area contributed by atoms with Crippen molar-refractivity contribution in [1.82, 2.24) is 15.1 Å². The van der Waals surface area contributed by atoms with Gasteiger partial charge in [-0.1, -0.05) is 6.92 Å². The van der Waals surface area contributed by atoms with Crippen molar-refractivity contribution in [3.8, 4) is 0 Å². The van der Waals surface area contributed by atoms with Crippen LogP contribution in [0.2, 0.25) is 0 Å². The number of carbonyl (C=O) groups excluding carboxylic acids is 1. The molecule has 0 saturated carbocycles. The molecule has 102 valence electrons. The smallest absolute Gasteiger partial charge is 0.325 e. The van der Waals surface area contributed by atoms with Crippen LogP contribution in [0, 0.1) is 3.57 Å². The quantitative estimate of drug-likeness (QED) is 0.592. The summed E-state index contributed by atoms with van der Waals surface area (Å²) in [6.45, 7) is 5.43. The molecule has 1 atom stereocenters. The molecule has 0 fully saturated rings. The zero-order valence-electron chi connectivity index (χ0n) is 11.1. The van der Waals surface area contributed by atoms with Gasteiger partial charge in [-0.25, -0.2) is 0 Å². The highest BCUT2D eigenvalue weighted by Gasteiger charge is 2.33. The van der Waals surface area contributed by atoms with Gasteiger partial charge in [0.15, 0.2) is 0 Å². The Hall–Kier alpha value is -0.630. The molecule has 0 aliphatic rings. The van der Waals surface area contributed by atoms with Gasteiger partial charge in [-0.3, -0.25) is 9.48 Å². The third-order valence-electron chi connectivity index (χ3n) is 2.84. The summed E-state index contributed by atoms with van der Waals surface area (Å²) in [5.74, 6) is -0.224. The van der Waals surface area contributed by atoms with Crippen LogP contribution in [-0.2, 0) is 16.1 Å². The molecule has 0 bridgehead atoms. The number of hydrogen-bond donors (Lipinski definition) is 1. The number of aromatic nitrogens is 2. The molecular formula is C12H20IN3O2. The number of nitrogens with one attached hydrogen (secondary N) is 1. The Kier molecular flexibility index (Phi) is 6.07. The van der Waals surface area contributed by atoms with Crippen LogP contribution in [0.1, 0.15) is 26.7 Å². The monoisotopic (exact) mass is 365 g/mol. The number of nitrogens with zero attached hydrogens (tertiary/aromatic N) is 2. The van der Waals surface area contributed by atoms with Crippen LogP contribution in [0.25, 0.3) is 0 Å². The lowest BCUT2D eigenvalue weighted by atomic mass is 9.97. The zero-order valence-corrected chi connectivity index (χ0v) is 13.2.